The van der Waals surface area contributed by atoms with Crippen molar-refractivity contribution in [1.29, 1.82) is 0 Å². The van der Waals surface area contributed by atoms with Gasteiger partial charge in [0.25, 0.3) is 0 Å². The van der Waals surface area contributed by atoms with Crippen LogP contribution in [0.25, 0.3) is 0 Å². The molecule has 1 rings (SSSR count). The van der Waals surface area contributed by atoms with Gasteiger partial charge in [0.15, 0.2) is 0 Å². The largest absolute Gasteiger partial charge is 0.396 e. The van der Waals surface area contributed by atoms with Gasteiger partial charge in [-0.15, -0.1) is 0 Å². The van der Waals surface area contributed by atoms with E-state index < -0.39 is 5.41 Å². The van der Waals surface area contributed by atoms with Crippen molar-refractivity contribution in [2.45, 2.75) is 96.5 Å². The van der Waals surface area contributed by atoms with Crippen LogP contribution in [0.15, 0.2) is 0 Å². The highest BCUT2D eigenvalue weighted by Crippen LogP contribution is 2.19. The highest BCUT2D eigenvalue weighted by atomic mass is 16.6. The maximum absolute atomic E-state index is 9.62. The number of aliphatic hydroxyl groups excluding tert-OH is 2. The first kappa shape index (κ1) is 25.8. The number of ether oxygens (including phenoxy) is 3. The van der Waals surface area contributed by atoms with Crippen LogP contribution in [-0.2, 0) is 14.2 Å². The van der Waals surface area contributed by atoms with Crippen LogP contribution in [0.5, 0.6) is 0 Å². The Kier molecular flexibility index (Phi) is 16.3. The summed E-state index contributed by atoms with van der Waals surface area (Å²) in [6.07, 6.45) is 17.6. The molecule has 0 radical (unpaired) electrons. The summed E-state index contributed by atoms with van der Waals surface area (Å²) in [7, 11) is 0. The Morgan fingerprint density at radius 1 is 0.750 bits per heavy atom. The molecule has 28 heavy (non-hydrogen) atoms. The van der Waals surface area contributed by atoms with E-state index in [-0.39, 0.29) is 19.3 Å². The van der Waals surface area contributed by atoms with Crippen LogP contribution in [0.2, 0.25) is 0 Å². The van der Waals surface area contributed by atoms with E-state index in [0.717, 1.165) is 13.0 Å². The van der Waals surface area contributed by atoms with E-state index in [0.29, 0.717) is 26.4 Å². The Morgan fingerprint density at radius 3 is 1.68 bits per heavy atom. The Labute approximate surface area is 173 Å². The molecule has 2 N–H and O–H groups in total. The molecule has 168 valence electrons. The molecule has 0 saturated carbocycles. The van der Waals surface area contributed by atoms with Crippen LogP contribution in [0.4, 0.5) is 0 Å². The van der Waals surface area contributed by atoms with E-state index in [1.54, 1.807) is 0 Å². The minimum atomic E-state index is -0.703. The molecule has 1 heterocycles. The lowest BCUT2D eigenvalue weighted by Gasteiger charge is -2.29. The molecular weight excluding hydrogens is 356 g/mol. The van der Waals surface area contributed by atoms with Gasteiger partial charge in [-0.3, -0.25) is 0 Å². The van der Waals surface area contributed by atoms with Gasteiger partial charge in [0.2, 0.25) is 0 Å². The summed E-state index contributed by atoms with van der Waals surface area (Å²) in [5, 5.41) is 19.2. The van der Waals surface area contributed by atoms with E-state index >= 15 is 0 Å². The number of unbranched alkanes of at least 4 members (excludes halogenated alkanes) is 12. The Morgan fingerprint density at radius 2 is 1.21 bits per heavy atom. The third-order valence-corrected chi connectivity index (χ3v) is 5.59. The topological polar surface area (TPSA) is 71.5 Å². The predicted octanol–water partition coefficient (Wildman–Crippen LogP) is 4.48. The SMILES string of the molecule is CCCCCCCCCCCCCCCOCC(CO)(CO)COCC1CO1. The average Bonchev–Trinajstić information content (AvgIpc) is 3.54. The first-order valence-corrected chi connectivity index (χ1v) is 11.7. The van der Waals surface area contributed by atoms with Crippen molar-refractivity contribution in [1.82, 2.24) is 0 Å². The van der Waals surface area contributed by atoms with Crippen molar-refractivity contribution >= 4 is 0 Å². The molecule has 5 heteroatoms. The quantitative estimate of drug-likeness (QED) is 0.206. The first-order valence-electron chi connectivity index (χ1n) is 11.7. The maximum atomic E-state index is 9.62. The lowest BCUT2D eigenvalue weighted by Crippen LogP contribution is -2.40. The third-order valence-electron chi connectivity index (χ3n) is 5.59. The number of rotatable bonds is 22. The highest BCUT2D eigenvalue weighted by molar-refractivity contribution is 4.78. The van der Waals surface area contributed by atoms with Crippen molar-refractivity contribution in [2.75, 3.05) is 46.2 Å². The van der Waals surface area contributed by atoms with Crippen LogP contribution < -0.4 is 0 Å². The molecule has 0 aliphatic carbocycles. The summed E-state index contributed by atoms with van der Waals surface area (Å²) < 4.78 is 16.4. The Hall–Kier alpha value is -0.200. The molecule has 1 aliphatic heterocycles. The second kappa shape index (κ2) is 17.6. The number of hydrogen-bond donors (Lipinski definition) is 2. The minimum Gasteiger partial charge on any atom is -0.396 e. The molecule has 1 atom stereocenters. The zero-order valence-electron chi connectivity index (χ0n) is 18.3. The zero-order valence-corrected chi connectivity index (χ0v) is 18.3. The van der Waals surface area contributed by atoms with Crippen LogP contribution in [0, 0.1) is 5.41 Å². The molecule has 1 fully saturated rings. The molecular formula is C23H46O5. The second-order valence-electron chi connectivity index (χ2n) is 8.58. The molecule has 0 bridgehead atoms. The summed E-state index contributed by atoms with van der Waals surface area (Å²) in [6.45, 7) is 4.61. The molecule has 1 unspecified atom stereocenters. The van der Waals surface area contributed by atoms with Gasteiger partial charge in [-0.25, -0.2) is 0 Å². The number of hydrogen-bond acceptors (Lipinski definition) is 5. The predicted molar refractivity (Wildman–Crippen MR) is 114 cm³/mol. The van der Waals surface area contributed by atoms with Crippen molar-refractivity contribution in [3.8, 4) is 0 Å². The summed E-state index contributed by atoms with van der Waals surface area (Å²) in [4.78, 5) is 0. The number of aliphatic hydroxyl groups is 2. The normalized spacial score (nSPS) is 16.6. The summed E-state index contributed by atoms with van der Waals surface area (Å²) in [5.74, 6) is 0. The number of epoxide rings is 1. The van der Waals surface area contributed by atoms with Crippen LogP contribution in [0.1, 0.15) is 90.4 Å². The Bertz CT molecular complexity index is 329. The van der Waals surface area contributed by atoms with E-state index in [1.165, 1.54) is 77.0 Å². The molecule has 5 nitrogen and oxygen atoms in total. The molecule has 0 aromatic heterocycles. The van der Waals surface area contributed by atoms with Gasteiger partial charge in [0, 0.05) is 6.61 Å². The van der Waals surface area contributed by atoms with Gasteiger partial charge in [-0.2, -0.15) is 0 Å². The molecule has 0 aromatic rings. The van der Waals surface area contributed by atoms with Crippen molar-refractivity contribution in [2.24, 2.45) is 5.41 Å². The average molecular weight is 403 g/mol. The Balaban J connectivity index is 1.86. The van der Waals surface area contributed by atoms with Crippen molar-refractivity contribution in [3.63, 3.8) is 0 Å². The fourth-order valence-electron chi connectivity index (χ4n) is 3.36. The van der Waals surface area contributed by atoms with Crippen LogP contribution >= 0.6 is 0 Å². The monoisotopic (exact) mass is 402 g/mol. The van der Waals surface area contributed by atoms with E-state index in [9.17, 15) is 10.2 Å². The zero-order chi connectivity index (χ0) is 20.3. The van der Waals surface area contributed by atoms with Gasteiger partial charge < -0.3 is 24.4 Å². The summed E-state index contributed by atoms with van der Waals surface area (Å²) >= 11 is 0. The summed E-state index contributed by atoms with van der Waals surface area (Å²) in [6, 6.07) is 0. The van der Waals surface area contributed by atoms with Gasteiger partial charge in [0.05, 0.1) is 45.1 Å². The van der Waals surface area contributed by atoms with Crippen molar-refractivity contribution in [3.05, 3.63) is 0 Å². The van der Waals surface area contributed by atoms with E-state index in [1.807, 2.05) is 0 Å². The summed E-state index contributed by atoms with van der Waals surface area (Å²) in [5.41, 5.74) is -0.703. The fourth-order valence-corrected chi connectivity index (χ4v) is 3.36. The van der Waals surface area contributed by atoms with Gasteiger partial charge in [-0.05, 0) is 6.42 Å². The lowest BCUT2D eigenvalue weighted by molar-refractivity contribution is -0.0788. The molecule has 0 amide bonds. The van der Waals surface area contributed by atoms with Crippen LogP contribution in [-0.4, -0.2) is 62.6 Å². The lowest BCUT2D eigenvalue weighted by atomic mass is 9.92. The maximum Gasteiger partial charge on any atom is 0.104 e. The third kappa shape index (κ3) is 13.9. The molecule has 0 aromatic carbocycles. The van der Waals surface area contributed by atoms with Gasteiger partial charge >= 0.3 is 0 Å². The minimum absolute atomic E-state index is 0.131. The van der Waals surface area contributed by atoms with Crippen LogP contribution in [0.3, 0.4) is 0 Å². The molecule has 0 spiro atoms. The standard InChI is InChI=1S/C23H46O5/c1-2-3-4-5-6-7-8-9-10-11-12-13-14-15-26-20-23(18-24,19-25)21-27-16-22-17-28-22/h22,24-25H,2-21H2,1H3. The highest BCUT2D eigenvalue weighted by Gasteiger charge is 2.31. The van der Waals surface area contributed by atoms with Crippen molar-refractivity contribution < 1.29 is 24.4 Å². The smallest absolute Gasteiger partial charge is 0.104 e. The molecule has 1 aliphatic rings. The van der Waals surface area contributed by atoms with E-state index in [2.05, 4.69) is 6.92 Å². The van der Waals surface area contributed by atoms with E-state index in [4.69, 9.17) is 14.2 Å². The fraction of sp³-hybridized carbons (Fsp3) is 1.00. The van der Waals surface area contributed by atoms with Gasteiger partial charge in [0.1, 0.15) is 6.10 Å². The molecule has 1 saturated heterocycles. The second-order valence-corrected chi connectivity index (χ2v) is 8.58. The van der Waals surface area contributed by atoms with Gasteiger partial charge in [-0.1, -0.05) is 84.0 Å². The first-order chi connectivity index (χ1) is 13.8.